The zero-order valence-electron chi connectivity index (χ0n) is 11.2. The number of nitrogens with two attached hydrogens (primary N) is 1. The summed E-state index contributed by atoms with van der Waals surface area (Å²) in [7, 11) is 0. The third-order valence-electron chi connectivity index (χ3n) is 3.28. The van der Waals surface area contributed by atoms with Crippen LogP contribution in [0.3, 0.4) is 0 Å². The van der Waals surface area contributed by atoms with Crippen molar-refractivity contribution in [1.29, 1.82) is 0 Å². The van der Waals surface area contributed by atoms with Crippen LogP contribution in [0.2, 0.25) is 0 Å². The topological polar surface area (TPSA) is 64.3 Å². The fourth-order valence-corrected chi connectivity index (χ4v) is 2.42. The van der Waals surface area contributed by atoms with Crippen LogP contribution in [-0.2, 0) is 0 Å². The number of aromatic nitrogens is 2. The second kappa shape index (κ2) is 6.00. The molecule has 100 valence electrons. The quantitative estimate of drug-likeness (QED) is 0.854. The van der Waals surface area contributed by atoms with E-state index in [0.29, 0.717) is 18.4 Å². The van der Waals surface area contributed by atoms with E-state index < -0.39 is 0 Å². The molecule has 1 aromatic heterocycles. The van der Waals surface area contributed by atoms with Gasteiger partial charge in [-0.1, -0.05) is 0 Å². The second-order valence-electron chi connectivity index (χ2n) is 4.72. The Kier molecular flexibility index (Phi) is 4.36. The molecule has 5 heteroatoms. The number of nitrogens with zero attached hydrogens (tertiary/aromatic N) is 3. The second-order valence-corrected chi connectivity index (χ2v) is 4.72. The number of hydrogen-bond donors (Lipinski definition) is 1. The van der Waals surface area contributed by atoms with Crippen LogP contribution in [0, 0.1) is 12.8 Å². The van der Waals surface area contributed by atoms with Crippen molar-refractivity contribution >= 4 is 5.82 Å². The summed E-state index contributed by atoms with van der Waals surface area (Å²) in [6.07, 6.45) is 2.29. The molecule has 1 aliphatic rings. The summed E-state index contributed by atoms with van der Waals surface area (Å²) < 4.78 is 5.46. The normalized spacial score (nSPS) is 19.3. The van der Waals surface area contributed by atoms with Crippen molar-refractivity contribution in [3.63, 3.8) is 0 Å². The highest BCUT2D eigenvalue weighted by Gasteiger charge is 2.23. The predicted molar refractivity (Wildman–Crippen MR) is 71.9 cm³/mol. The van der Waals surface area contributed by atoms with Gasteiger partial charge in [0.25, 0.3) is 0 Å². The average Bonchev–Trinajstić information content (AvgIpc) is 2.78. The van der Waals surface area contributed by atoms with E-state index in [2.05, 4.69) is 14.9 Å². The van der Waals surface area contributed by atoms with Crippen LogP contribution >= 0.6 is 0 Å². The van der Waals surface area contributed by atoms with Crippen LogP contribution < -0.4 is 15.4 Å². The summed E-state index contributed by atoms with van der Waals surface area (Å²) in [5, 5.41) is 0. The molecule has 0 amide bonds. The minimum absolute atomic E-state index is 0.631. The lowest BCUT2D eigenvalue weighted by molar-refractivity contribution is 0.325. The van der Waals surface area contributed by atoms with E-state index in [9.17, 15) is 0 Å². The van der Waals surface area contributed by atoms with E-state index in [4.69, 9.17) is 10.5 Å². The Balaban J connectivity index is 2.08. The van der Waals surface area contributed by atoms with Crippen molar-refractivity contribution in [2.24, 2.45) is 11.7 Å². The number of hydrogen-bond acceptors (Lipinski definition) is 5. The molecule has 0 aromatic carbocycles. The summed E-state index contributed by atoms with van der Waals surface area (Å²) in [5.41, 5.74) is 5.62. The van der Waals surface area contributed by atoms with Gasteiger partial charge < -0.3 is 15.4 Å². The number of ether oxygens (including phenoxy) is 1. The molecule has 1 fully saturated rings. The van der Waals surface area contributed by atoms with Gasteiger partial charge in [0.2, 0.25) is 5.88 Å². The maximum atomic E-state index is 5.62. The maximum Gasteiger partial charge on any atom is 0.218 e. The first-order valence-electron chi connectivity index (χ1n) is 6.66. The Hall–Kier alpha value is -1.36. The first kappa shape index (κ1) is 13.1. The van der Waals surface area contributed by atoms with Gasteiger partial charge in [0.1, 0.15) is 11.6 Å². The minimum atomic E-state index is 0.631. The molecule has 1 aromatic rings. The summed E-state index contributed by atoms with van der Waals surface area (Å²) in [5.74, 6) is 3.10. The van der Waals surface area contributed by atoms with Crippen molar-refractivity contribution < 1.29 is 4.74 Å². The molecule has 2 N–H and O–H groups in total. The van der Waals surface area contributed by atoms with E-state index in [1.807, 2.05) is 19.9 Å². The zero-order valence-corrected chi connectivity index (χ0v) is 11.2. The zero-order chi connectivity index (χ0) is 13.0. The molecule has 5 nitrogen and oxygen atoms in total. The van der Waals surface area contributed by atoms with Crippen molar-refractivity contribution in [1.82, 2.24) is 9.97 Å². The van der Waals surface area contributed by atoms with Gasteiger partial charge in [-0.3, -0.25) is 0 Å². The highest BCUT2D eigenvalue weighted by molar-refractivity contribution is 5.42. The summed E-state index contributed by atoms with van der Waals surface area (Å²) in [6, 6.07) is 1.93. The molecule has 1 saturated heterocycles. The largest absolute Gasteiger partial charge is 0.478 e. The third-order valence-corrected chi connectivity index (χ3v) is 3.28. The molecule has 2 heterocycles. The fraction of sp³-hybridized carbons (Fsp3) is 0.692. The third kappa shape index (κ3) is 3.10. The Morgan fingerprint density at radius 3 is 3.06 bits per heavy atom. The van der Waals surface area contributed by atoms with Gasteiger partial charge in [0.15, 0.2) is 0 Å². The van der Waals surface area contributed by atoms with Crippen molar-refractivity contribution in [3.05, 3.63) is 11.9 Å². The molecule has 0 spiro atoms. The van der Waals surface area contributed by atoms with Gasteiger partial charge in [-0.2, -0.15) is 4.98 Å². The smallest absolute Gasteiger partial charge is 0.218 e. The Morgan fingerprint density at radius 2 is 2.33 bits per heavy atom. The van der Waals surface area contributed by atoms with Gasteiger partial charge in [0, 0.05) is 19.2 Å². The number of anilines is 1. The Morgan fingerprint density at radius 1 is 1.50 bits per heavy atom. The van der Waals surface area contributed by atoms with Crippen LogP contribution in [0.25, 0.3) is 0 Å². The Bertz CT molecular complexity index is 397. The molecule has 1 unspecified atom stereocenters. The molecule has 1 atom stereocenters. The standard InChI is InChI=1S/C13H22N4O/c1-3-18-13-8-12(15-10(2)16-13)17-7-5-11(9-17)4-6-14/h8,11H,3-7,9,14H2,1-2H3. The van der Waals surface area contributed by atoms with E-state index in [1.165, 1.54) is 6.42 Å². The van der Waals surface area contributed by atoms with Crippen molar-refractivity contribution in [3.8, 4) is 5.88 Å². The Labute approximate surface area is 108 Å². The lowest BCUT2D eigenvalue weighted by Gasteiger charge is -2.18. The average molecular weight is 250 g/mol. The van der Waals surface area contributed by atoms with Crippen LogP contribution in [0.15, 0.2) is 6.07 Å². The molecule has 0 bridgehead atoms. The predicted octanol–water partition coefficient (Wildman–Crippen LogP) is 1.36. The summed E-state index contributed by atoms with van der Waals surface area (Å²) >= 11 is 0. The van der Waals surface area contributed by atoms with E-state index in [-0.39, 0.29) is 0 Å². The molecular formula is C13H22N4O. The van der Waals surface area contributed by atoms with Crippen molar-refractivity contribution in [2.75, 3.05) is 31.1 Å². The highest BCUT2D eigenvalue weighted by Crippen LogP contribution is 2.25. The summed E-state index contributed by atoms with van der Waals surface area (Å²) in [4.78, 5) is 11.1. The number of rotatable bonds is 5. The van der Waals surface area contributed by atoms with E-state index in [0.717, 1.165) is 37.7 Å². The van der Waals surface area contributed by atoms with Crippen LogP contribution in [0.1, 0.15) is 25.6 Å². The lowest BCUT2D eigenvalue weighted by atomic mass is 10.1. The van der Waals surface area contributed by atoms with Gasteiger partial charge in [-0.05, 0) is 39.2 Å². The SMILES string of the molecule is CCOc1cc(N2CCC(CCN)C2)nc(C)n1. The first-order chi connectivity index (χ1) is 8.72. The summed E-state index contributed by atoms with van der Waals surface area (Å²) in [6.45, 7) is 7.35. The maximum absolute atomic E-state index is 5.62. The molecule has 2 rings (SSSR count). The van der Waals surface area contributed by atoms with E-state index in [1.54, 1.807) is 0 Å². The van der Waals surface area contributed by atoms with Gasteiger partial charge in [-0.15, -0.1) is 0 Å². The highest BCUT2D eigenvalue weighted by atomic mass is 16.5. The number of aryl methyl sites for hydroxylation is 1. The van der Waals surface area contributed by atoms with Gasteiger partial charge in [-0.25, -0.2) is 4.98 Å². The minimum Gasteiger partial charge on any atom is -0.478 e. The van der Waals surface area contributed by atoms with Crippen LogP contribution in [-0.4, -0.2) is 36.2 Å². The first-order valence-corrected chi connectivity index (χ1v) is 6.66. The fourth-order valence-electron chi connectivity index (χ4n) is 2.42. The van der Waals surface area contributed by atoms with Crippen LogP contribution in [0.4, 0.5) is 5.82 Å². The molecular weight excluding hydrogens is 228 g/mol. The molecule has 0 saturated carbocycles. The molecule has 18 heavy (non-hydrogen) atoms. The monoisotopic (exact) mass is 250 g/mol. The molecule has 1 aliphatic heterocycles. The lowest BCUT2D eigenvalue weighted by Crippen LogP contribution is -2.22. The van der Waals surface area contributed by atoms with Crippen LogP contribution in [0.5, 0.6) is 5.88 Å². The van der Waals surface area contributed by atoms with E-state index >= 15 is 0 Å². The van der Waals surface area contributed by atoms with Gasteiger partial charge >= 0.3 is 0 Å². The molecule has 0 radical (unpaired) electrons. The molecule has 0 aliphatic carbocycles. The van der Waals surface area contributed by atoms with Crippen molar-refractivity contribution in [2.45, 2.75) is 26.7 Å². The van der Waals surface area contributed by atoms with Gasteiger partial charge in [0.05, 0.1) is 6.61 Å².